The van der Waals surface area contributed by atoms with E-state index in [1.165, 1.54) is 0 Å². The Morgan fingerprint density at radius 3 is 2.00 bits per heavy atom. The van der Waals surface area contributed by atoms with Gasteiger partial charge in [-0.1, -0.05) is 36.4 Å². The molecule has 0 aliphatic rings. The molecule has 0 aliphatic carbocycles. The Labute approximate surface area is 111 Å². The van der Waals surface area contributed by atoms with Gasteiger partial charge >= 0.3 is 0 Å². The van der Waals surface area contributed by atoms with Crippen LogP contribution in [0.5, 0.6) is 11.5 Å². The predicted octanol–water partition coefficient (Wildman–Crippen LogP) is 1.96. The van der Waals surface area contributed by atoms with Crippen LogP contribution in [0.3, 0.4) is 0 Å². The minimum Gasteiger partial charge on any atom is -0.508 e. The minimum atomic E-state index is -0.204. The molecule has 4 heteroatoms. The highest BCUT2D eigenvalue weighted by molar-refractivity contribution is 5.79. The summed E-state index contributed by atoms with van der Waals surface area (Å²) in [6.07, 6.45) is 0.111. The monoisotopic (exact) mass is 257 g/mol. The molecule has 0 aliphatic heterocycles. The quantitative estimate of drug-likeness (QED) is 0.784. The van der Waals surface area contributed by atoms with Crippen LogP contribution >= 0.6 is 0 Å². The molecule has 0 spiro atoms. The highest BCUT2D eigenvalue weighted by Crippen LogP contribution is 2.17. The molecule has 0 unspecified atom stereocenters. The Morgan fingerprint density at radius 1 is 0.895 bits per heavy atom. The number of phenols is 2. The normalized spacial score (nSPS) is 10.1. The van der Waals surface area contributed by atoms with E-state index >= 15 is 0 Å². The molecule has 0 radical (unpaired) electrons. The van der Waals surface area contributed by atoms with Gasteiger partial charge in [0.25, 0.3) is 0 Å². The summed E-state index contributed by atoms with van der Waals surface area (Å²) in [7, 11) is 0. The lowest BCUT2D eigenvalue weighted by molar-refractivity contribution is -0.120. The standard InChI is InChI=1S/C15H15NO3/c17-13-7-3-1-5-11(13)9-15(19)16-10-12-6-2-4-8-14(12)18/h1-8,17-18H,9-10H2,(H,16,19). The van der Waals surface area contributed by atoms with Gasteiger partial charge in [-0.25, -0.2) is 0 Å². The molecule has 2 aromatic rings. The van der Waals surface area contributed by atoms with Gasteiger partial charge in [0.2, 0.25) is 5.91 Å². The van der Waals surface area contributed by atoms with Crippen molar-refractivity contribution in [1.29, 1.82) is 0 Å². The molecule has 98 valence electrons. The van der Waals surface area contributed by atoms with Crippen LogP contribution in [-0.2, 0) is 17.8 Å². The van der Waals surface area contributed by atoms with E-state index in [9.17, 15) is 15.0 Å². The average molecular weight is 257 g/mol. The number of hydrogen-bond donors (Lipinski definition) is 3. The van der Waals surface area contributed by atoms with Crippen molar-refractivity contribution in [2.24, 2.45) is 0 Å². The fraction of sp³-hybridized carbons (Fsp3) is 0.133. The van der Waals surface area contributed by atoms with E-state index in [-0.39, 0.29) is 30.4 Å². The van der Waals surface area contributed by atoms with E-state index in [4.69, 9.17) is 0 Å². The Balaban J connectivity index is 1.92. The summed E-state index contributed by atoms with van der Waals surface area (Å²) in [6.45, 7) is 0.263. The number of carbonyl (C=O) groups excluding carboxylic acids is 1. The number of nitrogens with one attached hydrogen (secondary N) is 1. The zero-order chi connectivity index (χ0) is 13.7. The number of para-hydroxylation sites is 2. The van der Waals surface area contributed by atoms with Gasteiger partial charge < -0.3 is 15.5 Å². The highest BCUT2D eigenvalue weighted by atomic mass is 16.3. The zero-order valence-electron chi connectivity index (χ0n) is 10.3. The lowest BCUT2D eigenvalue weighted by Gasteiger charge is -2.07. The molecule has 4 nitrogen and oxygen atoms in total. The average Bonchev–Trinajstić information content (AvgIpc) is 2.40. The van der Waals surface area contributed by atoms with Crippen molar-refractivity contribution in [3.8, 4) is 11.5 Å². The molecule has 0 fully saturated rings. The van der Waals surface area contributed by atoms with Gasteiger partial charge in [0, 0.05) is 17.7 Å². The zero-order valence-corrected chi connectivity index (χ0v) is 10.3. The third kappa shape index (κ3) is 3.48. The van der Waals surface area contributed by atoms with Crippen molar-refractivity contribution in [2.75, 3.05) is 0 Å². The molecule has 0 aromatic heterocycles. The van der Waals surface area contributed by atoms with Gasteiger partial charge in [-0.05, 0) is 12.1 Å². The number of phenolic OH excluding ortho intramolecular Hbond substituents is 2. The van der Waals surface area contributed by atoms with Gasteiger partial charge in [0.1, 0.15) is 11.5 Å². The van der Waals surface area contributed by atoms with E-state index in [0.29, 0.717) is 11.1 Å². The summed E-state index contributed by atoms with van der Waals surface area (Å²) in [5.74, 6) is 0.0651. The fourth-order valence-corrected chi connectivity index (χ4v) is 1.75. The first-order valence-corrected chi connectivity index (χ1v) is 5.97. The van der Waals surface area contributed by atoms with E-state index in [1.807, 2.05) is 0 Å². The van der Waals surface area contributed by atoms with Crippen LogP contribution in [0.1, 0.15) is 11.1 Å². The maximum Gasteiger partial charge on any atom is 0.224 e. The third-order valence-electron chi connectivity index (χ3n) is 2.81. The molecular weight excluding hydrogens is 242 g/mol. The first-order chi connectivity index (χ1) is 9.16. The van der Waals surface area contributed by atoms with Crippen molar-refractivity contribution in [2.45, 2.75) is 13.0 Å². The van der Waals surface area contributed by atoms with E-state index < -0.39 is 0 Å². The van der Waals surface area contributed by atoms with Crippen LogP contribution in [0.15, 0.2) is 48.5 Å². The van der Waals surface area contributed by atoms with Crippen LogP contribution < -0.4 is 5.32 Å². The van der Waals surface area contributed by atoms with Crippen LogP contribution in [-0.4, -0.2) is 16.1 Å². The second-order valence-corrected chi connectivity index (χ2v) is 4.21. The molecule has 0 saturated carbocycles. The number of aromatic hydroxyl groups is 2. The number of benzene rings is 2. The number of carbonyl (C=O) groups is 1. The molecule has 0 saturated heterocycles. The summed E-state index contributed by atoms with van der Waals surface area (Å²) >= 11 is 0. The molecule has 0 heterocycles. The SMILES string of the molecule is O=C(Cc1ccccc1O)NCc1ccccc1O. The van der Waals surface area contributed by atoms with Crippen LogP contribution in [0.4, 0.5) is 0 Å². The molecule has 0 atom stereocenters. The van der Waals surface area contributed by atoms with Crippen LogP contribution in [0.25, 0.3) is 0 Å². The van der Waals surface area contributed by atoms with E-state index in [0.717, 1.165) is 0 Å². The van der Waals surface area contributed by atoms with Crippen molar-refractivity contribution < 1.29 is 15.0 Å². The smallest absolute Gasteiger partial charge is 0.224 e. The van der Waals surface area contributed by atoms with E-state index in [1.54, 1.807) is 48.5 Å². The largest absolute Gasteiger partial charge is 0.508 e. The Morgan fingerprint density at radius 2 is 1.42 bits per heavy atom. The van der Waals surface area contributed by atoms with Gasteiger partial charge in [0.15, 0.2) is 0 Å². The summed E-state index contributed by atoms with van der Waals surface area (Å²) in [6, 6.07) is 13.6. The fourth-order valence-electron chi connectivity index (χ4n) is 1.75. The maximum absolute atomic E-state index is 11.7. The van der Waals surface area contributed by atoms with Gasteiger partial charge in [-0.2, -0.15) is 0 Å². The van der Waals surface area contributed by atoms with Gasteiger partial charge in [-0.3, -0.25) is 4.79 Å². The van der Waals surface area contributed by atoms with Gasteiger partial charge in [0.05, 0.1) is 6.42 Å². The summed E-state index contributed by atoms with van der Waals surface area (Å²) < 4.78 is 0. The lowest BCUT2D eigenvalue weighted by atomic mass is 10.1. The molecule has 19 heavy (non-hydrogen) atoms. The first-order valence-electron chi connectivity index (χ1n) is 5.97. The Kier molecular flexibility index (Phi) is 4.03. The molecule has 2 rings (SSSR count). The second-order valence-electron chi connectivity index (χ2n) is 4.21. The minimum absolute atomic E-state index is 0.111. The van der Waals surface area contributed by atoms with Crippen molar-refractivity contribution in [3.63, 3.8) is 0 Å². The topological polar surface area (TPSA) is 69.6 Å². The Bertz CT molecular complexity index is 581. The molecule has 3 N–H and O–H groups in total. The predicted molar refractivity (Wildman–Crippen MR) is 71.8 cm³/mol. The van der Waals surface area contributed by atoms with Crippen molar-refractivity contribution in [3.05, 3.63) is 59.7 Å². The van der Waals surface area contributed by atoms with Crippen LogP contribution in [0.2, 0.25) is 0 Å². The highest BCUT2D eigenvalue weighted by Gasteiger charge is 2.07. The summed E-state index contributed by atoms with van der Waals surface area (Å²) in [5, 5.41) is 21.8. The van der Waals surface area contributed by atoms with E-state index in [2.05, 4.69) is 5.32 Å². The van der Waals surface area contributed by atoms with Gasteiger partial charge in [-0.15, -0.1) is 0 Å². The number of amides is 1. The Hall–Kier alpha value is -2.49. The molecule has 1 amide bonds. The summed E-state index contributed by atoms with van der Waals surface area (Å²) in [5.41, 5.74) is 1.24. The lowest BCUT2D eigenvalue weighted by Crippen LogP contribution is -2.24. The summed E-state index contributed by atoms with van der Waals surface area (Å²) in [4.78, 5) is 11.7. The third-order valence-corrected chi connectivity index (χ3v) is 2.81. The number of hydrogen-bond acceptors (Lipinski definition) is 3. The first kappa shape index (κ1) is 13.0. The van der Waals surface area contributed by atoms with Crippen LogP contribution in [0, 0.1) is 0 Å². The molecular formula is C15H15NO3. The van der Waals surface area contributed by atoms with Crippen molar-refractivity contribution in [1.82, 2.24) is 5.32 Å². The van der Waals surface area contributed by atoms with Crippen molar-refractivity contribution >= 4 is 5.91 Å². The maximum atomic E-state index is 11.7. The second kappa shape index (κ2) is 5.91. The number of rotatable bonds is 4. The molecule has 0 bridgehead atoms. The molecule has 2 aromatic carbocycles.